The normalized spacial score (nSPS) is 18.7. The van der Waals surface area contributed by atoms with Crippen molar-refractivity contribution in [3.05, 3.63) is 68.9 Å². The van der Waals surface area contributed by atoms with E-state index in [9.17, 15) is 5.26 Å². The zero-order valence-electron chi connectivity index (χ0n) is 23.2. The van der Waals surface area contributed by atoms with Crippen molar-refractivity contribution in [3.8, 4) is 16.5 Å². The summed E-state index contributed by atoms with van der Waals surface area (Å²) in [6.07, 6.45) is 12.4. The molecule has 2 aromatic carbocycles. The van der Waals surface area contributed by atoms with Crippen LogP contribution in [0.15, 0.2) is 64.1 Å². The minimum absolute atomic E-state index is 0.288. The number of para-hydroxylation sites is 1. The van der Waals surface area contributed by atoms with Crippen LogP contribution in [-0.4, -0.2) is 23.6 Å². The van der Waals surface area contributed by atoms with Gasteiger partial charge in [0, 0.05) is 17.1 Å². The number of anilines is 2. The number of aromatic nitrogens is 1. The number of hydrogen-bond donors (Lipinski definition) is 1. The molecule has 218 valence electrons. The van der Waals surface area contributed by atoms with E-state index < -0.39 is 0 Å². The summed E-state index contributed by atoms with van der Waals surface area (Å²) in [7, 11) is 0. The van der Waals surface area contributed by atoms with Crippen LogP contribution in [0.2, 0.25) is 15.1 Å². The minimum atomic E-state index is 0.288. The molecule has 0 amide bonds. The summed E-state index contributed by atoms with van der Waals surface area (Å²) in [5.41, 5.74) is 5.12. The van der Waals surface area contributed by atoms with Gasteiger partial charge >= 0.3 is 0 Å². The quantitative estimate of drug-likeness (QED) is 0.260. The van der Waals surface area contributed by atoms with Crippen LogP contribution in [0.1, 0.15) is 64.2 Å². The molecule has 3 aliphatic rings. The molecular weight excluding hydrogens is 609 g/mol. The summed E-state index contributed by atoms with van der Waals surface area (Å²) in [6.45, 7) is 0.288. The Morgan fingerprint density at radius 1 is 0.881 bits per heavy atom. The van der Waals surface area contributed by atoms with E-state index >= 15 is 0 Å². The number of azo groups is 1. The van der Waals surface area contributed by atoms with Crippen molar-refractivity contribution in [2.24, 2.45) is 10.2 Å². The van der Waals surface area contributed by atoms with Crippen LogP contribution < -0.4 is 15.3 Å². The van der Waals surface area contributed by atoms with Crippen LogP contribution in [0.4, 0.5) is 16.6 Å². The van der Waals surface area contributed by atoms with E-state index in [0.29, 0.717) is 50.1 Å². The van der Waals surface area contributed by atoms with E-state index in [1.165, 1.54) is 64.2 Å². The lowest BCUT2D eigenvalue weighted by Crippen LogP contribution is -2.45. The van der Waals surface area contributed by atoms with Crippen LogP contribution in [0.5, 0.6) is 0 Å². The molecule has 2 aliphatic carbocycles. The molecular formula is C31H32Cl3N7S. The number of benzene rings is 2. The van der Waals surface area contributed by atoms with Gasteiger partial charge in [0.1, 0.15) is 6.07 Å². The molecule has 0 atom stereocenters. The molecule has 2 heterocycles. The Balaban J connectivity index is 1.42. The van der Waals surface area contributed by atoms with E-state index in [0.717, 1.165) is 15.6 Å². The highest BCUT2D eigenvalue weighted by molar-refractivity contribution is 7.19. The highest BCUT2D eigenvalue weighted by Crippen LogP contribution is 2.45. The second-order valence-electron chi connectivity index (χ2n) is 11.0. The molecule has 1 N–H and O–H groups in total. The summed E-state index contributed by atoms with van der Waals surface area (Å²) >= 11 is 20.9. The van der Waals surface area contributed by atoms with Crippen LogP contribution in [0.25, 0.3) is 10.4 Å². The van der Waals surface area contributed by atoms with E-state index in [2.05, 4.69) is 21.5 Å². The fraction of sp³-hybridized carbons (Fsp3) is 0.419. The predicted octanol–water partition coefficient (Wildman–Crippen LogP) is 10.1. The largest absolute Gasteiger partial charge is 0.342 e. The van der Waals surface area contributed by atoms with Crippen molar-refractivity contribution in [1.29, 1.82) is 5.26 Å². The monoisotopic (exact) mass is 639 g/mol. The van der Waals surface area contributed by atoms with Crippen LogP contribution in [-0.2, 0) is 0 Å². The molecule has 2 fully saturated rings. The van der Waals surface area contributed by atoms with E-state index in [1.54, 1.807) is 34.5 Å². The van der Waals surface area contributed by atoms with Crippen molar-refractivity contribution in [2.45, 2.75) is 76.3 Å². The summed E-state index contributed by atoms with van der Waals surface area (Å²) in [5, 5.41) is 23.4. The number of thiazole rings is 1. The maximum Gasteiger partial charge on any atom is 0.195 e. The molecule has 1 aliphatic heterocycles. The molecule has 0 unspecified atom stereocenters. The minimum Gasteiger partial charge on any atom is -0.342 e. The number of nitrogens with zero attached hydrogens (tertiary/aromatic N) is 6. The fourth-order valence-corrected chi connectivity index (χ4v) is 8.06. The summed E-state index contributed by atoms with van der Waals surface area (Å²) < 4.78 is 0. The summed E-state index contributed by atoms with van der Waals surface area (Å²) in [6, 6.07) is 16.3. The molecule has 42 heavy (non-hydrogen) atoms. The Bertz CT molecular complexity index is 1480. The molecule has 0 radical (unpaired) electrons. The van der Waals surface area contributed by atoms with Crippen LogP contribution >= 0.6 is 46.1 Å². The van der Waals surface area contributed by atoms with Gasteiger partial charge in [0.2, 0.25) is 0 Å². The van der Waals surface area contributed by atoms with Crippen molar-refractivity contribution >= 4 is 62.8 Å². The number of nitriles is 1. The smallest absolute Gasteiger partial charge is 0.195 e. The van der Waals surface area contributed by atoms with Crippen molar-refractivity contribution < 1.29 is 0 Å². The maximum atomic E-state index is 9.89. The lowest BCUT2D eigenvalue weighted by molar-refractivity contribution is 0.339. The molecule has 0 saturated heterocycles. The van der Waals surface area contributed by atoms with E-state index in [4.69, 9.17) is 44.9 Å². The SMILES string of the molecule is N#CC1=C(N=Nc2nc(N(C3CCCCC3)C3CCCCC3)sc2-c2ccc(Cl)cc2)N(c2c(Cl)cccc2Cl)NC1. The van der Waals surface area contributed by atoms with Gasteiger partial charge in [-0.3, -0.25) is 5.01 Å². The first-order valence-corrected chi connectivity index (χ1v) is 16.6. The third-order valence-corrected chi connectivity index (χ3v) is 10.3. The van der Waals surface area contributed by atoms with Gasteiger partial charge in [0.05, 0.1) is 32.7 Å². The number of nitrogens with one attached hydrogen (secondary N) is 1. The van der Waals surface area contributed by atoms with Gasteiger partial charge in [0.15, 0.2) is 16.8 Å². The number of rotatable bonds is 7. The first kappa shape index (κ1) is 29.4. The Kier molecular flexibility index (Phi) is 9.32. The van der Waals surface area contributed by atoms with Gasteiger partial charge in [-0.1, -0.05) is 103 Å². The maximum absolute atomic E-state index is 9.89. The summed E-state index contributed by atoms with van der Waals surface area (Å²) in [5.74, 6) is 0.872. The first-order chi connectivity index (χ1) is 20.5. The molecule has 0 bridgehead atoms. The van der Waals surface area contributed by atoms with E-state index in [-0.39, 0.29) is 6.54 Å². The number of hydrazine groups is 1. The van der Waals surface area contributed by atoms with Gasteiger partial charge in [0.25, 0.3) is 0 Å². The van der Waals surface area contributed by atoms with Crippen LogP contribution in [0, 0.1) is 11.3 Å². The zero-order valence-corrected chi connectivity index (χ0v) is 26.3. The number of halogens is 3. The molecule has 1 aromatic heterocycles. The van der Waals surface area contributed by atoms with Crippen molar-refractivity contribution in [1.82, 2.24) is 10.4 Å². The summed E-state index contributed by atoms with van der Waals surface area (Å²) in [4.78, 5) is 8.70. The van der Waals surface area contributed by atoms with Crippen molar-refractivity contribution in [3.63, 3.8) is 0 Å². The lowest BCUT2D eigenvalue weighted by Gasteiger charge is -2.41. The molecule has 2 saturated carbocycles. The van der Waals surface area contributed by atoms with Gasteiger partial charge in [-0.15, -0.1) is 10.2 Å². The highest BCUT2D eigenvalue weighted by Gasteiger charge is 2.33. The standard InChI is InChI=1S/C31H32Cl3N7S/c32-22-16-14-20(15-17-22)28-29(37-31(42-28)40(23-8-3-1-4-9-23)24-10-5-2-6-11-24)38-39-30-21(18-35)19-36-41(30)27-25(33)12-7-13-26(27)34/h7,12-17,23-24,36H,1-6,8-11,19H2. The molecule has 7 nitrogen and oxygen atoms in total. The lowest BCUT2D eigenvalue weighted by atomic mass is 9.89. The van der Waals surface area contributed by atoms with E-state index in [1.807, 2.05) is 24.3 Å². The zero-order chi connectivity index (χ0) is 29.1. The Hall–Kier alpha value is -2.67. The second kappa shape index (κ2) is 13.3. The van der Waals surface area contributed by atoms with Gasteiger partial charge in [-0.05, 0) is 55.5 Å². The predicted molar refractivity (Wildman–Crippen MR) is 173 cm³/mol. The van der Waals surface area contributed by atoms with Gasteiger partial charge < -0.3 is 4.90 Å². The third-order valence-electron chi connectivity index (χ3n) is 8.29. The Labute approximate surface area is 265 Å². The average Bonchev–Trinajstić information content (AvgIpc) is 3.61. The highest BCUT2D eigenvalue weighted by atomic mass is 35.5. The van der Waals surface area contributed by atoms with Crippen molar-refractivity contribution in [2.75, 3.05) is 16.5 Å². The molecule has 6 rings (SSSR count). The Morgan fingerprint density at radius 3 is 2.10 bits per heavy atom. The van der Waals surface area contributed by atoms with Gasteiger partial charge in [-0.25, -0.2) is 5.43 Å². The first-order valence-electron chi connectivity index (χ1n) is 14.6. The molecule has 11 heteroatoms. The fourth-order valence-electron chi connectivity index (χ4n) is 6.22. The molecule has 3 aromatic rings. The average molecular weight is 641 g/mol. The third kappa shape index (κ3) is 6.17. The topological polar surface area (TPSA) is 79.9 Å². The Morgan fingerprint density at radius 2 is 1.50 bits per heavy atom. The number of hydrogen-bond acceptors (Lipinski definition) is 8. The van der Waals surface area contributed by atoms with Crippen LogP contribution in [0.3, 0.4) is 0 Å². The van der Waals surface area contributed by atoms with Gasteiger partial charge in [-0.2, -0.15) is 10.2 Å². The molecule has 0 spiro atoms. The second-order valence-corrected chi connectivity index (χ2v) is 13.2.